The molecule has 0 unspecified atom stereocenters. The molecule has 0 radical (unpaired) electrons. The highest BCUT2D eigenvalue weighted by molar-refractivity contribution is 5.83. The normalized spacial score (nSPS) is 53.1. The lowest BCUT2D eigenvalue weighted by Crippen LogP contribution is -2.79. The van der Waals surface area contributed by atoms with Gasteiger partial charge in [-0.3, -0.25) is 4.79 Å². The first-order chi connectivity index (χ1) is 15.8. The third kappa shape index (κ3) is 2.73. The molecule has 2 heterocycles. The van der Waals surface area contributed by atoms with Gasteiger partial charge in [0, 0.05) is 35.2 Å². The highest BCUT2D eigenvalue weighted by Crippen LogP contribution is 2.74. The number of esters is 2. The Kier molecular flexibility index (Phi) is 5.19. The van der Waals surface area contributed by atoms with E-state index < -0.39 is 82.7 Å². The molecule has 9 heteroatoms. The number of allylic oxidation sites excluding steroid dienone is 1. The Labute approximate surface area is 198 Å². The van der Waals surface area contributed by atoms with Crippen molar-refractivity contribution in [1.82, 2.24) is 0 Å². The van der Waals surface area contributed by atoms with Gasteiger partial charge in [-0.15, -0.1) is 0 Å². The Morgan fingerprint density at radius 3 is 2.56 bits per heavy atom. The summed E-state index contributed by atoms with van der Waals surface area (Å²) in [6, 6.07) is 0. The van der Waals surface area contributed by atoms with Crippen molar-refractivity contribution in [3.63, 3.8) is 0 Å². The second-order valence-corrected chi connectivity index (χ2v) is 11.4. The quantitative estimate of drug-likeness (QED) is 0.253. The van der Waals surface area contributed by atoms with Crippen LogP contribution in [0.2, 0.25) is 0 Å². The molecule has 34 heavy (non-hydrogen) atoms. The maximum absolute atomic E-state index is 12.8. The van der Waals surface area contributed by atoms with E-state index in [1.807, 2.05) is 0 Å². The summed E-state index contributed by atoms with van der Waals surface area (Å²) >= 11 is 0. The highest BCUT2D eigenvalue weighted by atomic mass is 16.7. The summed E-state index contributed by atoms with van der Waals surface area (Å²) in [5, 5.41) is 45.2. The minimum Gasteiger partial charge on any atom is -0.458 e. The predicted molar refractivity (Wildman–Crippen MR) is 117 cm³/mol. The van der Waals surface area contributed by atoms with Crippen LogP contribution in [0.4, 0.5) is 0 Å². The van der Waals surface area contributed by atoms with E-state index in [1.54, 1.807) is 34.6 Å². The Balaban J connectivity index is 1.77. The average Bonchev–Trinajstić information content (AvgIpc) is 3.02. The second kappa shape index (κ2) is 7.36. The minimum atomic E-state index is -2.03. The fraction of sp³-hybridized carbons (Fsp3) is 0.760. The van der Waals surface area contributed by atoms with Gasteiger partial charge in [0.25, 0.3) is 0 Å². The van der Waals surface area contributed by atoms with E-state index in [2.05, 4.69) is 0 Å². The molecule has 2 saturated heterocycles. The number of aliphatic hydroxyl groups excluding tert-OH is 3. The van der Waals surface area contributed by atoms with Gasteiger partial charge in [0.15, 0.2) is 5.79 Å². The van der Waals surface area contributed by atoms with Crippen molar-refractivity contribution >= 4 is 11.9 Å². The monoisotopic (exact) mass is 478 g/mol. The lowest BCUT2D eigenvalue weighted by atomic mass is 9.37. The largest absolute Gasteiger partial charge is 0.458 e. The number of hydrogen-bond donors (Lipinski definition) is 4. The van der Waals surface area contributed by atoms with Crippen molar-refractivity contribution in [2.45, 2.75) is 77.3 Å². The topological polar surface area (TPSA) is 143 Å². The Morgan fingerprint density at radius 2 is 1.91 bits per heavy atom. The first-order valence-corrected chi connectivity index (χ1v) is 11.9. The maximum Gasteiger partial charge on any atom is 0.331 e. The predicted octanol–water partition coefficient (Wildman–Crippen LogP) is 0.446. The van der Waals surface area contributed by atoms with Crippen LogP contribution in [0, 0.1) is 34.5 Å². The summed E-state index contributed by atoms with van der Waals surface area (Å²) < 4.78 is 17.9. The highest BCUT2D eigenvalue weighted by Gasteiger charge is 2.84. The van der Waals surface area contributed by atoms with Crippen molar-refractivity contribution in [2.75, 3.05) is 6.61 Å². The third-order valence-electron chi connectivity index (χ3n) is 9.39. The second-order valence-electron chi connectivity index (χ2n) is 11.4. The summed E-state index contributed by atoms with van der Waals surface area (Å²) in [5.74, 6) is -5.66. The van der Waals surface area contributed by atoms with E-state index in [1.165, 1.54) is 12.2 Å². The number of aliphatic hydroxyl groups is 4. The lowest BCUT2D eigenvalue weighted by molar-refractivity contribution is -0.350. The summed E-state index contributed by atoms with van der Waals surface area (Å²) in [5.41, 5.74) is -0.920. The smallest absolute Gasteiger partial charge is 0.331 e. The van der Waals surface area contributed by atoms with E-state index >= 15 is 0 Å². The first-order valence-electron chi connectivity index (χ1n) is 11.9. The van der Waals surface area contributed by atoms with Crippen LogP contribution >= 0.6 is 0 Å². The van der Waals surface area contributed by atoms with Crippen LogP contribution in [-0.2, 0) is 23.8 Å². The fourth-order valence-electron chi connectivity index (χ4n) is 8.34. The number of carbonyl (C=O) groups is 2. The number of fused-ring (bicyclic) bond motifs is 1. The number of hydrogen-bond acceptors (Lipinski definition) is 9. The fourth-order valence-corrected chi connectivity index (χ4v) is 8.34. The van der Waals surface area contributed by atoms with Gasteiger partial charge in [0.1, 0.15) is 18.3 Å². The Hall–Kier alpha value is -1.78. The standard InChI is InChI=1S/C25H34O9/c1-10(2)6-15(27)33-18-17-11(3)7-14(26)20(30)23(17,5)22-24-9-32-25(22,31)19(29)12(4)13(24)8-16(28)34-21(18)24/h6-7,12-14,17-22,26,29-31H,8-9H2,1-5H3/t12-,13+,14-,17+,18-,19+,20-,21-,22+,23+,24+,25-/m0/s1. The molecule has 2 aliphatic heterocycles. The van der Waals surface area contributed by atoms with Crippen molar-refractivity contribution in [2.24, 2.45) is 34.5 Å². The molecule has 4 N–H and O–H groups in total. The molecule has 4 fully saturated rings. The molecule has 0 aromatic heterocycles. The van der Waals surface area contributed by atoms with Gasteiger partial charge < -0.3 is 34.6 Å². The molecule has 0 aromatic carbocycles. The van der Waals surface area contributed by atoms with E-state index in [4.69, 9.17) is 14.2 Å². The molecule has 9 nitrogen and oxygen atoms in total. The summed E-state index contributed by atoms with van der Waals surface area (Å²) in [6.07, 6.45) is -2.96. The van der Waals surface area contributed by atoms with Gasteiger partial charge in [-0.05, 0) is 32.6 Å². The summed E-state index contributed by atoms with van der Waals surface area (Å²) in [7, 11) is 0. The van der Waals surface area contributed by atoms with Crippen molar-refractivity contribution in [3.8, 4) is 0 Å². The first kappa shape index (κ1) is 23.9. The Bertz CT molecular complexity index is 985. The van der Waals surface area contributed by atoms with Crippen molar-refractivity contribution in [1.29, 1.82) is 0 Å². The van der Waals surface area contributed by atoms with E-state index in [0.29, 0.717) is 5.57 Å². The molecule has 12 atom stereocenters. The summed E-state index contributed by atoms with van der Waals surface area (Å²) in [4.78, 5) is 25.7. The number of carbonyl (C=O) groups excluding carboxylic acids is 2. The zero-order chi connectivity index (χ0) is 25.0. The molecule has 0 aromatic rings. The zero-order valence-electron chi connectivity index (χ0n) is 20.1. The van der Waals surface area contributed by atoms with Crippen LogP contribution in [-0.4, -0.2) is 75.3 Å². The molecule has 5 aliphatic rings. The average molecular weight is 479 g/mol. The molecule has 188 valence electrons. The number of rotatable bonds is 2. The van der Waals surface area contributed by atoms with Gasteiger partial charge in [-0.1, -0.05) is 31.1 Å². The van der Waals surface area contributed by atoms with Crippen LogP contribution < -0.4 is 0 Å². The van der Waals surface area contributed by atoms with E-state index in [0.717, 1.165) is 5.57 Å². The molecule has 0 amide bonds. The SMILES string of the molecule is CC(C)=CC(=O)O[C@H]1[C@H]2C(C)=C[C@H](O)[C@H](O)[C@]2(C)[C@H]2[C@@]3(O)OC[C@]24[C@H](CC(=O)O[C@@H]14)[C@H](C)[C@H]3O. The van der Waals surface area contributed by atoms with Crippen molar-refractivity contribution in [3.05, 3.63) is 23.3 Å². The van der Waals surface area contributed by atoms with Crippen LogP contribution in [0.15, 0.2) is 23.3 Å². The van der Waals surface area contributed by atoms with E-state index in [-0.39, 0.29) is 13.0 Å². The molecule has 5 rings (SSSR count). The molecule has 1 spiro atoms. The van der Waals surface area contributed by atoms with Gasteiger partial charge in [0.05, 0.1) is 18.8 Å². The minimum absolute atomic E-state index is 0.00746. The van der Waals surface area contributed by atoms with Crippen LogP contribution in [0.3, 0.4) is 0 Å². The van der Waals surface area contributed by atoms with Crippen LogP contribution in [0.1, 0.15) is 41.0 Å². The summed E-state index contributed by atoms with van der Waals surface area (Å²) in [6.45, 7) is 8.75. The molecule has 2 bridgehead atoms. The number of ether oxygens (including phenoxy) is 3. The van der Waals surface area contributed by atoms with Gasteiger partial charge in [-0.25, -0.2) is 4.79 Å². The van der Waals surface area contributed by atoms with Crippen molar-refractivity contribution < 1.29 is 44.2 Å². The third-order valence-corrected chi connectivity index (χ3v) is 9.39. The lowest BCUT2D eigenvalue weighted by Gasteiger charge is -2.69. The maximum atomic E-state index is 12.8. The van der Waals surface area contributed by atoms with E-state index in [9.17, 15) is 30.0 Å². The van der Waals surface area contributed by atoms with Crippen LogP contribution in [0.5, 0.6) is 0 Å². The molecular formula is C25H34O9. The van der Waals surface area contributed by atoms with Gasteiger partial charge >= 0.3 is 11.9 Å². The molecule has 2 saturated carbocycles. The van der Waals surface area contributed by atoms with Crippen LogP contribution in [0.25, 0.3) is 0 Å². The zero-order valence-corrected chi connectivity index (χ0v) is 20.1. The molecule has 3 aliphatic carbocycles. The van der Waals surface area contributed by atoms with Gasteiger partial charge in [0.2, 0.25) is 0 Å². The van der Waals surface area contributed by atoms with Gasteiger partial charge in [-0.2, -0.15) is 0 Å². The Morgan fingerprint density at radius 1 is 1.24 bits per heavy atom. The molecular weight excluding hydrogens is 444 g/mol.